The third-order valence-corrected chi connectivity index (χ3v) is 4.21. The number of hydrogen-bond acceptors (Lipinski definition) is 1. The van der Waals surface area contributed by atoms with Crippen molar-refractivity contribution in [1.29, 1.82) is 0 Å². The Bertz CT molecular complexity index is 308. The van der Waals surface area contributed by atoms with E-state index in [0.29, 0.717) is 0 Å². The fourth-order valence-corrected chi connectivity index (χ4v) is 3.71. The number of rotatable bonds is 3. The molecule has 0 nitrogen and oxygen atoms in total. The average Bonchev–Trinajstić information content (AvgIpc) is 2.08. The summed E-state index contributed by atoms with van der Waals surface area (Å²) in [7, 11) is 11.7. The summed E-state index contributed by atoms with van der Waals surface area (Å²) >= 11 is 0.135. The van der Waals surface area contributed by atoms with Crippen molar-refractivity contribution in [2.45, 2.75) is 11.8 Å². The number of hydrogen-bond donors (Lipinski definition) is 0. The zero-order valence-electron chi connectivity index (χ0n) is 7.11. The van der Waals surface area contributed by atoms with Gasteiger partial charge in [-0.25, -0.2) is 0 Å². The molecular weight excluding hydrogens is 312 g/mol. The molecule has 0 aliphatic carbocycles. The van der Waals surface area contributed by atoms with Crippen LogP contribution in [0.5, 0.6) is 0 Å². The second kappa shape index (κ2) is 6.19. The topological polar surface area (TPSA) is 0 Å². The maximum atomic E-state index is 5.83. The van der Waals surface area contributed by atoms with Gasteiger partial charge in [-0.15, -0.1) is 0 Å². The van der Waals surface area contributed by atoms with Gasteiger partial charge in [0, 0.05) is 0 Å². The zero-order valence-corrected chi connectivity index (χ0v) is 11.2. The van der Waals surface area contributed by atoms with Gasteiger partial charge in [0.1, 0.15) is 0 Å². The van der Waals surface area contributed by atoms with E-state index < -0.39 is 13.5 Å². The first-order chi connectivity index (χ1) is 6.24. The minimum atomic E-state index is -1.68. The van der Waals surface area contributed by atoms with Gasteiger partial charge in [0.25, 0.3) is 0 Å². The van der Waals surface area contributed by atoms with Crippen molar-refractivity contribution in [3.8, 4) is 0 Å². The molecule has 1 aromatic rings. The molecule has 0 heterocycles. The number of thioether (sulfide) groups is 1. The zero-order chi connectivity index (χ0) is 9.68. The van der Waals surface area contributed by atoms with Crippen LogP contribution in [0.3, 0.4) is 0 Å². The summed E-state index contributed by atoms with van der Waals surface area (Å²) in [6, 6.07) is 8.21. The molecule has 0 fully saturated rings. The standard InChI is InChI=1S/C9H10S.2ClH.Ru/c1-3-10-9-7-5-4-6-8(9)2;;;/h2,4-7H,3H2,1H3;2*1H;/q;;;+2/p-2. The summed E-state index contributed by atoms with van der Waals surface area (Å²) in [5, 5.41) is 0. The summed E-state index contributed by atoms with van der Waals surface area (Å²) in [6.07, 6.45) is 0. The van der Waals surface area contributed by atoms with E-state index in [9.17, 15) is 0 Å². The van der Waals surface area contributed by atoms with Crippen molar-refractivity contribution in [2.75, 3.05) is 5.75 Å². The molecule has 0 unspecified atom stereocenters. The van der Waals surface area contributed by atoms with Gasteiger partial charge >= 0.3 is 96.7 Å². The SMILES string of the molecule is CCSc1ccccc1[CH]=[Ru]([Cl])[Cl]. The van der Waals surface area contributed by atoms with Crippen molar-refractivity contribution in [1.82, 2.24) is 0 Å². The van der Waals surface area contributed by atoms with E-state index in [1.54, 1.807) is 0 Å². The van der Waals surface area contributed by atoms with E-state index in [-0.39, 0.29) is 0 Å². The van der Waals surface area contributed by atoms with E-state index in [4.69, 9.17) is 19.4 Å². The summed E-state index contributed by atoms with van der Waals surface area (Å²) < 4.78 is 1.99. The Morgan fingerprint density at radius 2 is 2.08 bits per heavy atom. The van der Waals surface area contributed by atoms with E-state index in [1.807, 2.05) is 28.5 Å². The molecule has 1 rings (SSSR count). The minimum absolute atomic E-state index is 1.07. The molecule has 0 amide bonds. The van der Waals surface area contributed by atoms with Crippen molar-refractivity contribution in [3.63, 3.8) is 0 Å². The summed E-state index contributed by atoms with van der Waals surface area (Å²) in [4.78, 5) is 1.27. The van der Waals surface area contributed by atoms with Gasteiger partial charge in [0.05, 0.1) is 0 Å². The summed E-state index contributed by atoms with van der Waals surface area (Å²) in [5.41, 5.74) is 1.18. The summed E-state index contributed by atoms with van der Waals surface area (Å²) in [5.74, 6) is 1.07. The molecule has 0 atom stereocenters. The van der Waals surface area contributed by atoms with Crippen LogP contribution in [0, 0.1) is 0 Å². The fraction of sp³-hybridized carbons (Fsp3) is 0.222. The third-order valence-electron chi connectivity index (χ3n) is 1.41. The molecule has 13 heavy (non-hydrogen) atoms. The molecule has 0 aromatic heterocycles. The van der Waals surface area contributed by atoms with E-state index in [2.05, 4.69) is 19.1 Å². The van der Waals surface area contributed by atoms with E-state index >= 15 is 0 Å². The van der Waals surface area contributed by atoms with Crippen LogP contribution in [0.4, 0.5) is 0 Å². The molecule has 0 aliphatic heterocycles. The van der Waals surface area contributed by atoms with E-state index in [0.717, 1.165) is 5.75 Å². The van der Waals surface area contributed by atoms with Gasteiger partial charge in [-0.3, -0.25) is 0 Å². The van der Waals surface area contributed by atoms with Gasteiger partial charge in [-0.05, 0) is 0 Å². The molecule has 74 valence electrons. The van der Waals surface area contributed by atoms with Gasteiger partial charge in [-0.2, -0.15) is 0 Å². The van der Waals surface area contributed by atoms with Crippen LogP contribution in [-0.4, -0.2) is 10.4 Å². The van der Waals surface area contributed by atoms with Crippen LogP contribution in [0.1, 0.15) is 12.5 Å². The monoisotopic (exact) mass is 322 g/mol. The van der Waals surface area contributed by atoms with Gasteiger partial charge in [0.2, 0.25) is 0 Å². The maximum absolute atomic E-state index is 5.83. The Morgan fingerprint density at radius 3 is 2.69 bits per heavy atom. The molecule has 0 bridgehead atoms. The van der Waals surface area contributed by atoms with Crippen LogP contribution >= 0.6 is 31.1 Å². The van der Waals surface area contributed by atoms with E-state index in [1.165, 1.54) is 10.5 Å². The van der Waals surface area contributed by atoms with Crippen molar-refractivity contribution >= 4 is 35.8 Å². The quantitative estimate of drug-likeness (QED) is 0.601. The van der Waals surface area contributed by atoms with Crippen LogP contribution in [-0.2, 0) is 13.5 Å². The van der Waals surface area contributed by atoms with Gasteiger partial charge < -0.3 is 0 Å². The third kappa shape index (κ3) is 4.12. The molecule has 0 saturated carbocycles. The normalized spacial score (nSPS) is 11.2. The van der Waals surface area contributed by atoms with Crippen LogP contribution in [0.15, 0.2) is 29.2 Å². The second-order valence-electron chi connectivity index (χ2n) is 2.28. The number of halogens is 2. The predicted octanol–water partition coefficient (Wildman–Crippen LogP) is 3.87. The molecule has 0 N–H and O–H groups in total. The molecule has 4 heteroatoms. The van der Waals surface area contributed by atoms with Crippen LogP contribution < -0.4 is 0 Å². The second-order valence-corrected chi connectivity index (χ2v) is 9.31. The first-order valence-corrected chi connectivity index (χ1v) is 10.3. The Balaban J connectivity index is 2.97. The first-order valence-electron chi connectivity index (χ1n) is 3.79. The Morgan fingerprint density at radius 1 is 1.38 bits per heavy atom. The Hall–Kier alpha value is 0.643. The van der Waals surface area contributed by atoms with Crippen LogP contribution in [0.2, 0.25) is 0 Å². The molecule has 0 saturated heterocycles. The molecule has 0 aliphatic rings. The molecule has 0 spiro atoms. The molecule has 1 aromatic carbocycles. The molecule has 0 radical (unpaired) electrons. The van der Waals surface area contributed by atoms with Crippen molar-refractivity contribution < 1.29 is 13.5 Å². The first kappa shape index (κ1) is 11.7. The van der Waals surface area contributed by atoms with Crippen molar-refractivity contribution in [2.24, 2.45) is 0 Å². The molecular formula is C9H10Cl2RuS. The average molecular weight is 322 g/mol. The Kier molecular flexibility index (Phi) is 5.58. The van der Waals surface area contributed by atoms with Gasteiger partial charge in [0.15, 0.2) is 0 Å². The summed E-state index contributed by atoms with van der Waals surface area (Å²) in [6.45, 7) is 2.14. The Labute approximate surface area is 96.1 Å². The fourth-order valence-electron chi connectivity index (χ4n) is 0.935. The number of benzene rings is 1. The van der Waals surface area contributed by atoms with Crippen molar-refractivity contribution in [3.05, 3.63) is 29.8 Å². The predicted molar refractivity (Wildman–Crippen MR) is 59.7 cm³/mol. The van der Waals surface area contributed by atoms with Crippen LogP contribution in [0.25, 0.3) is 0 Å². The van der Waals surface area contributed by atoms with Gasteiger partial charge in [-0.1, -0.05) is 0 Å².